The maximum atomic E-state index is 13.1. The van der Waals surface area contributed by atoms with Crippen molar-refractivity contribution in [3.63, 3.8) is 0 Å². The normalized spacial score (nSPS) is 26.6. The van der Waals surface area contributed by atoms with Crippen LogP contribution in [0, 0.1) is 5.82 Å². The molecule has 0 spiro atoms. The van der Waals surface area contributed by atoms with Crippen LogP contribution in [0.25, 0.3) is 0 Å². The topological polar surface area (TPSA) is 123 Å². The highest BCUT2D eigenvalue weighted by molar-refractivity contribution is 6.21. The zero-order valence-corrected chi connectivity index (χ0v) is 20.3. The Morgan fingerprint density at radius 2 is 1.94 bits per heavy atom. The lowest BCUT2D eigenvalue weighted by atomic mass is 9.90. The number of carbonyl (C=O) groups excluding carboxylic acids is 3. The lowest BCUT2D eigenvalue weighted by molar-refractivity contribution is -0.190. The number of hydrogen-bond acceptors (Lipinski definition) is 9. The van der Waals surface area contributed by atoms with Gasteiger partial charge in [0, 0.05) is 45.3 Å². The highest BCUT2D eigenvalue weighted by Crippen LogP contribution is 2.32. The minimum absolute atomic E-state index is 0.0938. The molecule has 1 aromatic carbocycles. The average molecular weight is 505 g/mol. The van der Waals surface area contributed by atoms with E-state index in [0.717, 1.165) is 13.0 Å². The van der Waals surface area contributed by atoms with Crippen LogP contribution in [0.4, 0.5) is 4.39 Å². The van der Waals surface area contributed by atoms with Crippen LogP contribution in [0.5, 0.6) is 0 Å². The number of fused-ring (bicyclic) bond motifs is 2. The van der Waals surface area contributed by atoms with Crippen molar-refractivity contribution in [1.29, 1.82) is 0 Å². The number of nitrogens with zero attached hydrogens (tertiary/aromatic N) is 3. The van der Waals surface area contributed by atoms with Gasteiger partial charge in [0.2, 0.25) is 5.78 Å². The number of nitrogens with one attached hydrogen (secondary N) is 1. The molecule has 4 unspecified atom stereocenters. The summed E-state index contributed by atoms with van der Waals surface area (Å²) in [6.07, 6.45) is 0.274. The number of Topliss-reactive ketones (excluding diaryl/α,β-unsaturated/α-hetero) is 1. The van der Waals surface area contributed by atoms with Gasteiger partial charge < -0.3 is 25.2 Å². The summed E-state index contributed by atoms with van der Waals surface area (Å²) < 4.78 is 18.1. The molecule has 3 aliphatic rings. The summed E-state index contributed by atoms with van der Waals surface area (Å²) in [7, 11) is 0. The molecule has 0 saturated carbocycles. The van der Waals surface area contributed by atoms with Crippen molar-refractivity contribution in [3.05, 3.63) is 47.4 Å². The molecule has 2 fully saturated rings. The number of amides is 1. The number of rotatable bonds is 8. The summed E-state index contributed by atoms with van der Waals surface area (Å²) in [5, 5.41) is 24.5. The number of halogens is 1. The molecule has 1 aromatic rings. The second-order valence-corrected chi connectivity index (χ2v) is 9.28. The van der Waals surface area contributed by atoms with E-state index < -0.39 is 30.1 Å². The van der Waals surface area contributed by atoms with Crippen molar-refractivity contribution in [1.82, 2.24) is 20.0 Å². The molecule has 36 heavy (non-hydrogen) atoms. The van der Waals surface area contributed by atoms with Crippen LogP contribution in [-0.4, -0.2) is 99.9 Å². The highest BCUT2D eigenvalue weighted by Gasteiger charge is 2.51. The second kappa shape index (κ2) is 11.5. The molecular formula is C25H33FN4O6. The van der Waals surface area contributed by atoms with Crippen LogP contribution in [0.2, 0.25) is 0 Å². The summed E-state index contributed by atoms with van der Waals surface area (Å²) in [5.41, 5.74) is 0.475. The minimum Gasteiger partial charge on any atom is -0.466 e. The van der Waals surface area contributed by atoms with Crippen LogP contribution in [0.15, 0.2) is 36.0 Å². The molecule has 2 saturated heterocycles. The Hall–Kier alpha value is -2.86. The van der Waals surface area contributed by atoms with E-state index >= 15 is 0 Å². The smallest absolute Gasteiger partial charge is 0.305 e. The highest BCUT2D eigenvalue weighted by atomic mass is 19.1. The van der Waals surface area contributed by atoms with Crippen molar-refractivity contribution in [2.75, 3.05) is 32.8 Å². The first kappa shape index (κ1) is 26.2. The van der Waals surface area contributed by atoms with Crippen LogP contribution in [0.3, 0.4) is 0 Å². The number of esters is 1. The maximum Gasteiger partial charge on any atom is 0.305 e. The average Bonchev–Trinajstić information content (AvgIpc) is 2.86. The maximum absolute atomic E-state index is 13.1. The SMILES string of the molecule is CCOC(=O)CCCN1CCCN2C(O)C3C(O)C(=O)C(C(=O)NCc4ccc(F)cc4)=CN3CC12. The molecule has 0 radical (unpaired) electrons. The number of hydrogen-bond donors (Lipinski definition) is 3. The molecular weight excluding hydrogens is 471 g/mol. The molecule has 10 nitrogen and oxygen atoms in total. The summed E-state index contributed by atoms with van der Waals surface area (Å²) in [5.74, 6) is -2.02. The third-order valence-electron chi connectivity index (χ3n) is 6.96. The molecule has 3 aliphatic heterocycles. The van der Waals surface area contributed by atoms with E-state index in [1.165, 1.54) is 30.5 Å². The molecule has 0 bridgehead atoms. The Kier molecular flexibility index (Phi) is 8.35. The van der Waals surface area contributed by atoms with Crippen molar-refractivity contribution < 1.29 is 33.7 Å². The Bertz CT molecular complexity index is 1000. The van der Waals surface area contributed by atoms with E-state index in [9.17, 15) is 29.0 Å². The molecule has 11 heteroatoms. The van der Waals surface area contributed by atoms with E-state index in [2.05, 4.69) is 10.2 Å². The molecule has 1 amide bonds. The van der Waals surface area contributed by atoms with Gasteiger partial charge in [0.05, 0.1) is 12.8 Å². The van der Waals surface area contributed by atoms with Gasteiger partial charge in [0.25, 0.3) is 5.91 Å². The lowest BCUT2D eigenvalue weighted by Gasteiger charge is -2.56. The molecule has 4 rings (SSSR count). The van der Waals surface area contributed by atoms with E-state index in [4.69, 9.17) is 4.74 Å². The summed E-state index contributed by atoms with van der Waals surface area (Å²) in [4.78, 5) is 43.1. The Morgan fingerprint density at radius 3 is 2.67 bits per heavy atom. The van der Waals surface area contributed by atoms with Gasteiger partial charge in [-0.3, -0.25) is 24.2 Å². The summed E-state index contributed by atoms with van der Waals surface area (Å²) in [6.45, 7) is 4.60. The first-order chi connectivity index (χ1) is 17.3. The van der Waals surface area contributed by atoms with Gasteiger partial charge in [-0.1, -0.05) is 12.1 Å². The number of piperazine rings is 1. The number of benzene rings is 1. The third-order valence-corrected chi connectivity index (χ3v) is 6.96. The van der Waals surface area contributed by atoms with Gasteiger partial charge in [0.1, 0.15) is 29.8 Å². The Morgan fingerprint density at radius 1 is 1.19 bits per heavy atom. The van der Waals surface area contributed by atoms with E-state index in [1.54, 1.807) is 11.8 Å². The fourth-order valence-electron chi connectivity index (χ4n) is 5.17. The fourth-order valence-corrected chi connectivity index (χ4v) is 5.17. The number of carbonyl (C=O) groups is 3. The quantitative estimate of drug-likeness (QED) is 0.330. The van der Waals surface area contributed by atoms with Crippen LogP contribution < -0.4 is 5.32 Å². The molecule has 196 valence electrons. The number of ketones is 1. The summed E-state index contributed by atoms with van der Waals surface area (Å²) in [6, 6.07) is 4.75. The molecule has 3 N–H and O–H groups in total. The van der Waals surface area contributed by atoms with Crippen LogP contribution in [-0.2, 0) is 25.7 Å². The number of aliphatic hydroxyl groups excluding tert-OH is 2. The summed E-state index contributed by atoms with van der Waals surface area (Å²) >= 11 is 0. The van der Waals surface area contributed by atoms with Crippen molar-refractivity contribution >= 4 is 17.7 Å². The predicted molar refractivity (Wildman–Crippen MR) is 126 cm³/mol. The molecule has 3 heterocycles. The second-order valence-electron chi connectivity index (χ2n) is 9.28. The minimum atomic E-state index is -1.56. The van der Waals surface area contributed by atoms with Gasteiger partial charge in [-0.05, 0) is 37.5 Å². The van der Waals surface area contributed by atoms with Crippen molar-refractivity contribution in [2.45, 2.75) is 57.3 Å². The van der Waals surface area contributed by atoms with E-state index in [-0.39, 0.29) is 30.1 Å². The first-order valence-electron chi connectivity index (χ1n) is 12.4. The standard InChI is InChI=1S/C25H33FN4O6/c1-2-36-20(31)5-3-10-28-11-4-12-30-19(28)15-29-14-18(22(32)23(33)21(29)25(30)35)24(34)27-13-16-6-8-17(26)9-7-16/h6-9,14,19,21,23,25,33,35H,2-5,10-13,15H2,1H3,(H,27,34). The zero-order valence-electron chi connectivity index (χ0n) is 20.3. The molecule has 4 atom stereocenters. The van der Waals surface area contributed by atoms with Gasteiger partial charge >= 0.3 is 5.97 Å². The molecule has 0 aromatic heterocycles. The monoisotopic (exact) mass is 504 g/mol. The van der Waals surface area contributed by atoms with Crippen LogP contribution in [0.1, 0.15) is 31.7 Å². The van der Waals surface area contributed by atoms with E-state index in [1.807, 2.05) is 4.90 Å². The number of aliphatic hydroxyl groups is 2. The van der Waals surface area contributed by atoms with Crippen LogP contribution >= 0.6 is 0 Å². The Balaban J connectivity index is 1.45. The first-order valence-corrected chi connectivity index (χ1v) is 12.4. The molecule has 0 aliphatic carbocycles. The van der Waals surface area contributed by atoms with Crippen molar-refractivity contribution in [3.8, 4) is 0 Å². The fraction of sp³-hybridized carbons (Fsp3) is 0.560. The zero-order chi connectivity index (χ0) is 25.8. The third kappa shape index (κ3) is 5.59. The predicted octanol–water partition coefficient (Wildman–Crippen LogP) is -0.0509. The number of ether oxygens (including phenoxy) is 1. The van der Waals surface area contributed by atoms with Gasteiger partial charge in [-0.25, -0.2) is 4.39 Å². The largest absolute Gasteiger partial charge is 0.466 e. The lowest BCUT2D eigenvalue weighted by Crippen LogP contribution is -2.73. The van der Waals surface area contributed by atoms with E-state index in [0.29, 0.717) is 44.6 Å². The van der Waals surface area contributed by atoms with Crippen molar-refractivity contribution in [2.24, 2.45) is 0 Å². The van der Waals surface area contributed by atoms with Gasteiger partial charge in [-0.2, -0.15) is 0 Å². The van der Waals surface area contributed by atoms with Gasteiger partial charge in [-0.15, -0.1) is 0 Å². The Labute approximate surface area is 209 Å². The van der Waals surface area contributed by atoms with Gasteiger partial charge in [0.15, 0.2) is 0 Å².